The molecule has 2 amide bonds. The van der Waals surface area contributed by atoms with Crippen molar-refractivity contribution in [1.29, 1.82) is 0 Å². The van der Waals surface area contributed by atoms with Gasteiger partial charge in [-0.25, -0.2) is 0 Å². The molecule has 7 nitrogen and oxygen atoms in total. The fraction of sp³-hybridized carbons (Fsp3) is 0.304. The zero-order chi connectivity index (χ0) is 22.3. The summed E-state index contributed by atoms with van der Waals surface area (Å²) in [6.07, 6.45) is 0. The van der Waals surface area contributed by atoms with Gasteiger partial charge in [0.25, 0.3) is 0 Å². The highest BCUT2D eigenvalue weighted by molar-refractivity contribution is 8.00. The number of carbonyl (C=O) groups excluding carboxylic acids is 2. The Kier molecular flexibility index (Phi) is 5.35. The molecule has 1 aliphatic rings. The second kappa shape index (κ2) is 7.85. The van der Waals surface area contributed by atoms with E-state index in [2.05, 4.69) is 15.5 Å². The van der Waals surface area contributed by atoms with Crippen LogP contribution >= 0.6 is 11.8 Å². The minimum atomic E-state index is -1.01. The van der Waals surface area contributed by atoms with Crippen molar-refractivity contribution in [1.82, 2.24) is 14.8 Å². The zero-order valence-electron chi connectivity index (χ0n) is 18.2. The summed E-state index contributed by atoms with van der Waals surface area (Å²) < 4.78 is 1.90. The van der Waals surface area contributed by atoms with Crippen molar-refractivity contribution < 1.29 is 9.59 Å². The van der Waals surface area contributed by atoms with E-state index in [9.17, 15) is 9.59 Å². The van der Waals surface area contributed by atoms with Crippen molar-refractivity contribution in [3.63, 3.8) is 0 Å². The Bertz CT molecular complexity index is 1170. The standard InChI is InChI=1S/C23H25N5O2S/c1-14-10-6-7-11-16(14)19-25-26-22(27(19)5)31-15(2)20(29)28-18-13-9-8-12-17(18)24-21(30)23(28,3)4/h6-13,15H,1-5H3,(H,24,30). The van der Waals surface area contributed by atoms with Crippen molar-refractivity contribution in [2.45, 2.75) is 43.6 Å². The summed E-state index contributed by atoms with van der Waals surface area (Å²) in [7, 11) is 1.90. The molecule has 1 N–H and O–H groups in total. The van der Waals surface area contributed by atoms with Crippen molar-refractivity contribution in [2.75, 3.05) is 10.2 Å². The number of nitrogens with one attached hydrogen (secondary N) is 1. The Hall–Kier alpha value is -3.13. The molecule has 0 bridgehead atoms. The maximum Gasteiger partial charge on any atom is 0.250 e. The fourth-order valence-corrected chi connectivity index (χ4v) is 4.57. The third-order valence-corrected chi connectivity index (χ3v) is 6.70. The number of fused-ring (bicyclic) bond motifs is 1. The molecule has 0 saturated heterocycles. The van der Waals surface area contributed by atoms with Gasteiger partial charge < -0.3 is 9.88 Å². The minimum Gasteiger partial charge on any atom is -0.322 e. The van der Waals surface area contributed by atoms with E-state index in [0.717, 1.165) is 17.0 Å². The van der Waals surface area contributed by atoms with Gasteiger partial charge in [0.1, 0.15) is 5.54 Å². The summed E-state index contributed by atoms with van der Waals surface area (Å²) in [4.78, 5) is 27.8. The lowest BCUT2D eigenvalue weighted by Gasteiger charge is -2.43. The minimum absolute atomic E-state index is 0.155. The van der Waals surface area contributed by atoms with E-state index in [0.29, 0.717) is 16.5 Å². The van der Waals surface area contributed by atoms with Gasteiger partial charge in [-0.3, -0.25) is 14.5 Å². The lowest BCUT2D eigenvalue weighted by Crippen LogP contribution is -2.60. The Morgan fingerprint density at radius 3 is 2.52 bits per heavy atom. The Morgan fingerprint density at radius 2 is 1.77 bits per heavy atom. The summed E-state index contributed by atoms with van der Waals surface area (Å²) >= 11 is 1.34. The highest BCUT2D eigenvalue weighted by Gasteiger charge is 2.45. The summed E-state index contributed by atoms with van der Waals surface area (Å²) in [5, 5.41) is 11.7. The van der Waals surface area contributed by atoms with Crippen LogP contribution in [0.4, 0.5) is 11.4 Å². The van der Waals surface area contributed by atoms with Gasteiger partial charge in [-0.05, 0) is 45.4 Å². The van der Waals surface area contributed by atoms with Gasteiger partial charge in [-0.2, -0.15) is 0 Å². The van der Waals surface area contributed by atoms with E-state index in [1.54, 1.807) is 24.8 Å². The van der Waals surface area contributed by atoms with Gasteiger partial charge >= 0.3 is 0 Å². The number of aromatic nitrogens is 3. The summed E-state index contributed by atoms with van der Waals surface area (Å²) in [6.45, 7) is 7.38. The number of nitrogens with zero attached hydrogens (tertiary/aromatic N) is 4. The molecule has 1 aliphatic heterocycles. The number of rotatable bonds is 4. The van der Waals surface area contributed by atoms with Crippen LogP contribution in [-0.2, 0) is 16.6 Å². The monoisotopic (exact) mass is 435 g/mol. The molecular formula is C23H25N5O2S. The SMILES string of the molecule is Cc1ccccc1-c1nnc(SC(C)C(=O)N2c3ccccc3NC(=O)C2(C)C)n1C. The van der Waals surface area contributed by atoms with Gasteiger partial charge in [0.05, 0.1) is 16.6 Å². The van der Waals surface area contributed by atoms with Crippen LogP contribution < -0.4 is 10.2 Å². The Balaban J connectivity index is 1.63. The third-order valence-electron chi connectivity index (χ3n) is 5.58. The molecular weight excluding hydrogens is 410 g/mol. The molecule has 4 rings (SSSR count). The molecule has 0 fully saturated rings. The number of anilines is 2. The van der Waals surface area contributed by atoms with Crippen LogP contribution in [-0.4, -0.2) is 37.4 Å². The van der Waals surface area contributed by atoms with Crippen molar-refractivity contribution in [3.05, 3.63) is 54.1 Å². The van der Waals surface area contributed by atoms with Crippen LogP contribution in [0, 0.1) is 6.92 Å². The number of aryl methyl sites for hydroxylation is 1. The first kappa shape index (κ1) is 21.1. The molecule has 8 heteroatoms. The first-order valence-electron chi connectivity index (χ1n) is 10.1. The summed E-state index contributed by atoms with van der Waals surface area (Å²) in [5.41, 5.74) is 2.44. The average molecular weight is 436 g/mol. The smallest absolute Gasteiger partial charge is 0.250 e. The molecule has 1 atom stereocenters. The number of hydrogen-bond donors (Lipinski definition) is 1. The van der Waals surface area contributed by atoms with Crippen LogP contribution in [0.3, 0.4) is 0 Å². The van der Waals surface area contributed by atoms with Crippen LogP contribution in [0.2, 0.25) is 0 Å². The first-order valence-corrected chi connectivity index (χ1v) is 11.0. The van der Waals surface area contributed by atoms with Crippen molar-refractivity contribution in [3.8, 4) is 11.4 Å². The van der Waals surface area contributed by atoms with E-state index in [-0.39, 0.29) is 11.8 Å². The van der Waals surface area contributed by atoms with Gasteiger partial charge in [0, 0.05) is 12.6 Å². The first-order chi connectivity index (χ1) is 14.7. The van der Waals surface area contributed by atoms with Crippen LogP contribution in [0.5, 0.6) is 0 Å². The van der Waals surface area contributed by atoms with Crippen LogP contribution in [0.1, 0.15) is 26.3 Å². The maximum atomic E-state index is 13.5. The van der Waals surface area contributed by atoms with Gasteiger partial charge in [-0.1, -0.05) is 48.2 Å². The van der Waals surface area contributed by atoms with Gasteiger partial charge in [0.15, 0.2) is 11.0 Å². The number of hydrogen-bond acceptors (Lipinski definition) is 5. The Morgan fingerprint density at radius 1 is 1.10 bits per heavy atom. The molecule has 2 aromatic carbocycles. The second-order valence-electron chi connectivity index (χ2n) is 8.14. The number of benzene rings is 2. The normalized spacial score (nSPS) is 15.9. The zero-order valence-corrected chi connectivity index (χ0v) is 19.0. The summed E-state index contributed by atoms with van der Waals surface area (Å²) in [5.74, 6) is 0.387. The van der Waals surface area contributed by atoms with Gasteiger partial charge in [-0.15, -0.1) is 10.2 Å². The predicted molar refractivity (Wildman–Crippen MR) is 123 cm³/mol. The molecule has 160 valence electrons. The predicted octanol–water partition coefficient (Wildman–Crippen LogP) is 4.04. The lowest BCUT2D eigenvalue weighted by molar-refractivity contribution is -0.126. The average Bonchev–Trinajstić information content (AvgIpc) is 3.09. The van der Waals surface area contributed by atoms with E-state index in [1.165, 1.54) is 11.8 Å². The fourth-order valence-electron chi connectivity index (χ4n) is 3.71. The summed E-state index contributed by atoms with van der Waals surface area (Å²) in [6, 6.07) is 15.4. The topological polar surface area (TPSA) is 80.1 Å². The third kappa shape index (κ3) is 3.61. The molecule has 31 heavy (non-hydrogen) atoms. The second-order valence-corrected chi connectivity index (χ2v) is 9.45. The molecule has 0 spiro atoms. The highest BCUT2D eigenvalue weighted by atomic mass is 32.2. The lowest BCUT2D eigenvalue weighted by atomic mass is 9.96. The highest BCUT2D eigenvalue weighted by Crippen LogP contribution is 2.38. The quantitative estimate of drug-likeness (QED) is 0.626. The number of carbonyl (C=O) groups is 2. The molecule has 0 radical (unpaired) electrons. The molecule has 0 saturated carbocycles. The van der Waals surface area contributed by atoms with Crippen LogP contribution in [0.25, 0.3) is 11.4 Å². The van der Waals surface area contributed by atoms with E-state index >= 15 is 0 Å². The number of para-hydroxylation sites is 2. The molecule has 2 heterocycles. The molecule has 1 unspecified atom stereocenters. The number of amides is 2. The van der Waals surface area contributed by atoms with Crippen LogP contribution in [0.15, 0.2) is 53.7 Å². The molecule has 1 aromatic heterocycles. The molecule has 0 aliphatic carbocycles. The largest absolute Gasteiger partial charge is 0.322 e. The van der Waals surface area contributed by atoms with Crippen molar-refractivity contribution in [2.24, 2.45) is 7.05 Å². The number of thioether (sulfide) groups is 1. The Labute approximate surface area is 185 Å². The van der Waals surface area contributed by atoms with E-state index in [4.69, 9.17) is 0 Å². The van der Waals surface area contributed by atoms with E-state index in [1.807, 2.05) is 67.9 Å². The molecule has 3 aromatic rings. The van der Waals surface area contributed by atoms with E-state index < -0.39 is 10.8 Å². The van der Waals surface area contributed by atoms with Crippen molar-refractivity contribution >= 4 is 35.0 Å². The van der Waals surface area contributed by atoms with Gasteiger partial charge in [0.2, 0.25) is 11.8 Å². The maximum absolute atomic E-state index is 13.5.